The van der Waals surface area contributed by atoms with E-state index in [1.54, 1.807) is 12.6 Å². The van der Waals surface area contributed by atoms with Crippen LogP contribution in [0.3, 0.4) is 0 Å². The molecule has 1 aromatic heterocycles. The first kappa shape index (κ1) is 13.7. The molecule has 1 aromatic carbocycles. The van der Waals surface area contributed by atoms with Crippen LogP contribution in [0.4, 0.5) is 0 Å². The lowest BCUT2D eigenvalue weighted by molar-refractivity contribution is 0.190. The molecule has 2 heterocycles. The third-order valence-corrected chi connectivity index (χ3v) is 4.84. The molecule has 0 saturated carbocycles. The summed E-state index contributed by atoms with van der Waals surface area (Å²) in [6.07, 6.45) is 2.40. The van der Waals surface area contributed by atoms with E-state index in [0.29, 0.717) is 6.04 Å². The molecule has 3 rings (SSSR count). The number of hydrogen-bond donors (Lipinski definition) is 0. The third-order valence-electron chi connectivity index (χ3n) is 3.73. The Morgan fingerprint density at radius 2 is 2.20 bits per heavy atom. The molecule has 0 bridgehead atoms. The summed E-state index contributed by atoms with van der Waals surface area (Å²) in [5.74, 6) is 0.903. The Morgan fingerprint density at radius 3 is 2.85 bits per heavy atom. The van der Waals surface area contributed by atoms with Gasteiger partial charge in [-0.2, -0.15) is 5.10 Å². The van der Waals surface area contributed by atoms with E-state index in [9.17, 15) is 0 Å². The molecule has 1 saturated heterocycles. The Morgan fingerprint density at radius 1 is 1.40 bits per heavy atom. The van der Waals surface area contributed by atoms with Crippen molar-refractivity contribution < 1.29 is 4.74 Å². The van der Waals surface area contributed by atoms with Crippen molar-refractivity contribution in [3.63, 3.8) is 0 Å². The third kappa shape index (κ3) is 2.77. The van der Waals surface area contributed by atoms with Crippen LogP contribution in [0, 0.1) is 3.95 Å². The van der Waals surface area contributed by atoms with Gasteiger partial charge >= 0.3 is 0 Å². The van der Waals surface area contributed by atoms with E-state index in [-0.39, 0.29) is 0 Å². The quantitative estimate of drug-likeness (QED) is 0.809. The van der Waals surface area contributed by atoms with Crippen LogP contribution >= 0.6 is 23.6 Å². The van der Waals surface area contributed by atoms with Crippen molar-refractivity contribution in [2.75, 3.05) is 13.7 Å². The van der Waals surface area contributed by atoms with Crippen LogP contribution in [0.2, 0.25) is 0 Å². The highest BCUT2D eigenvalue weighted by molar-refractivity contribution is 7.73. The van der Waals surface area contributed by atoms with Crippen molar-refractivity contribution in [3.05, 3.63) is 39.3 Å². The molecule has 0 aliphatic carbocycles. The predicted octanol–water partition coefficient (Wildman–Crippen LogP) is 3.48. The minimum absolute atomic E-state index is 0.449. The molecule has 0 spiro atoms. The molecule has 0 N–H and O–H groups in total. The summed E-state index contributed by atoms with van der Waals surface area (Å²) in [6, 6.07) is 8.81. The highest BCUT2D eigenvalue weighted by Crippen LogP contribution is 2.33. The van der Waals surface area contributed by atoms with Gasteiger partial charge in [-0.05, 0) is 42.8 Å². The molecule has 2 aromatic rings. The highest BCUT2D eigenvalue weighted by atomic mass is 32.1. The maximum Gasteiger partial charge on any atom is 0.180 e. The molecule has 4 nitrogen and oxygen atoms in total. The van der Waals surface area contributed by atoms with Gasteiger partial charge in [0.25, 0.3) is 0 Å². The van der Waals surface area contributed by atoms with Gasteiger partial charge < -0.3 is 4.74 Å². The Labute approximate surface area is 127 Å². The Hall–Kier alpha value is -1.24. The lowest BCUT2D eigenvalue weighted by Crippen LogP contribution is -2.26. The van der Waals surface area contributed by atoms with Crippen molar-refractivity contribution >= 4 is 23.6 Å². The Kier molecular flexibility index (Phi) is 4.14. The number of hydrogen-bond acceptors (Lipinski definition) is 5. The smallest absolute Gasteiger partial charge is 0.180 e. The summed E-state index contributed by atoms with van der Waals surface area (Å²) in [4.78, 5) is 2.44. The minimum Gasteiger partial charge on any atom is -0.497 e. The second kappa shape index (κ2) is 6.03. The molecule has 1 fully saturated rings. The van der Waals surface area contributed by atoms with Crippen molar-refractivity contribution in [2.45, 2.75) is 25.6 Å². The average molecular weight is 307 g/mol. The maximum absolute atomic E-state index is 5.28. The molecule has 6 heteroatoms. The van der Waals surface area contributed by atoms with E-state index < -0.39 is 0 Å². The number of nitrogens with zero attached hydrogens (tertiary/aromatic N) is 3. The fourth-order valence-electron chi connectivity index (χ4n) is 2.70. The van der Waals surface area contributed by atoms with E-state index in [1.807, 2.05) is 16.8 Å². The van der Waals surface area contributed by atoms with E-state index in [0.717, 1.165) is 22.9 Å². The van der Waals surface area contributed by atoms with E-state index >= 15 is 0 Å². The fourth-order valence-corrected chi connectivity index (χ4v) is 3.41. The molecular formula is C14H17N3OS2. The van der Waals surface area contributed by atoms with Gasteiger partial charge in [0.05, 0.1) is 13.8 Å². The van der Waals surface area contributed by atoms with Gasteiger partial charge in [0.15, 0.2) is 3.95 Å². The van der Waals surface area contributed by atoms with Crippen molar-refractivity contribution in [1.82, 2.24) is 14.7 Å². The van der Waals surface area contributed by atoms with Gasteiger partial charge in [-0.3, -0.25) is 4.90 Å². The molecular weight excluding hydrogens is 290 g/mol. The van der Waals surface area contributed by atoms with Crippen LogP contribution in [0.25, 0.3) is 0 Å². The van der Waals surface area contributed by atoms with Crippen LogP contribution in [0.5, 0.6) is 5.75 Å². The monoisotopic (exact) mass is 307 g/mol. The second-order valence-electron chi connectivity index (χ2n) is 4.89. The number of ether oxygens (including phenoxy) is 1. The van der Waals surface area contributed by atoms with E-state index in [1.165, 1.54) is 29.7 Å². The first-order chi connectivity index (χ1) is 9.78. The summed E-state index contributed by atoms with van der Waals surface area (Å²) < 4.78 is 7.96. The zero-order valence-electron chi connectivity index (χ0n) is 11.4. The summed E-state index contributed by atoms with van der Waals surface area (Å²) in [5.41, 5.74) is 3.14. The Balaban J connectivity index is 1.77. The lowest BCUT2D eigenvalue weighted by atomic mass is 10.0. The lowest BCUT2D eigenvalue weighted by Gasteiger charge is -2.24. The molecule has 106 valence electrons. The van der Waals surface area contributed by atoms with Crippen LogP contribution in [0.1, 0.15) is 24.4 Å². The van der Waals surface area contributed by atoms with Crippen molar-refractivity contribution in [3.8, 4) is 5.75 Å². The van der Waals surface area contributed by atoms with E-state index in [4.69, 9.17) is 17.0 Å². The molecule has 1 atom stereocenters. The largest absolute Gasteiger partial charge is 0.497 e. The molecule has 20 heavy (non-hydrogen) atoms. The van der Waals surface area contributed by atoms with Gasteiger partial charge in [-0.1, -0.05) is 23.5 Å². The number of rotatable bonds is 4. The normalized spacial score (nSPS) is 19.4. The minimum atomic E-state index is 0.449. The average Bonchev–Trinajstić information content (AvgIpc) is 3.09. The molecule has 0 amide bonds. The Bertz CT molecular complexity index is 620. The molecule has 1 aliphatic heterocycles. The van der Waals surface area contributed by atoms with Crippen molar-refractivity contribution in [2.24, 2.45) is 0 Å². The van der Waals surface area contributed by atoms with Gasteiger partial charge in [0.1, 0.15) is 11.3 Å². The summed E-state index contributed by atoms with van der Waals surface area (Å²) in [6.45, 7) is 1.87. The highest BCUT2D eigenvalue weighted by Gasteiger charge is 2.26. The maximum atomic E-state index is 5.28. The van der Waals surface area contributed by atoms with E-state index in [2.05, 4.69) is 22.1 Å². The fraction of sp³-hybridized carbons (Fsp3) is 0.429. The van der Waals surface area contributed by atoms with Crippen LogP contribution in [0.15, 0.2) is 29.8 Å². The predicted molar refractivity (Wildman–Crippen MR) is 82.6 cm³/mol. The molecule has 1 aliphatic rings. The van der Waals surface area contributed by atoms with Crippen LogP contribution < -0.4 is 4.74 Å². The van der Waals surface area contributed by atoms with Gasteiger partial charge in [0, 0.05) is 12.6 Å². The first-order valence-corrected chi connectivity index (χ1v) is 7.95. The van der Waals surface area contributed by atoms with Gasteiger partial charge in [0.2, 0.25) is 0 Å². The van der Waals surface area contributed by atoms with Crippen molar-refractivity contribution in [1.29, 1.82) is 0 Å². The zero-order valence-corrected chi connectivity index (χ0v) is 13.0. The van der Waals surface area contributed by atoms with Crippen LogP contribution in [-0.4, -0.2) is 28.3 Å². The van der Waals surface area contributed by atoms with Crippen LogP contribution in [-0.2, 0) is 6.67 Å². The summed E-state index contributed by atoms with van der Waals surface area (Å²) >= 11 is 6.80. The number of likely N-dealkylation sites (tertiary alicyclic amines) is 1. The molecule has 0 unspecified atom stereocenters. The second-order valence-corrected chi connectivity index (χ2v) is 6.37. The molecule has 0 radical (unpaired) electrons. The topological polar surface area (TPSA) is 30.3 Å². The zero-order chi connectivity index (χ0) is 13.9. The van der Waals surface area contributed by atoms with Gasteiger partial charge in [-0.25, -0.2) is 4.68 Å². The number of benzene rings is 1. The summed E-state index contributed by atoms with van der Waals surface area (Å²) in [7, 11) is 1.70. The van der Waals surface area contributed by atoms with Gasteiger partial charge in [-0.15, -0.1) is 0 Å². The summed E-state index contributed by atoms with van der Waals surface area (Å²) in [5, 5.41) is 4.30. The number of aromatic nitrogens is 2. The first-order valence-electron chi connectivity index (χ1n) is 6.66. The SMILES string of the molecule is COc1ccc([C@H]2CCCN2Cn2ncsc2=S)cc1. The number of methoxy groups -OCH3 is 1. The standard InChI is InChI=1S/C14H17N3OS2/c1-18-12-6-4-11(5-7-12)13-3-2-8-16(13)10-17-14(19)20-9-15-17/h4-7,9,13H,2-3,8,10H2,1H3/t13-/m1/s1.